The Labute approximate surface area is 119 Å². The first-order valence-electron chi connectivity index (χ1n) is 7.43. The molecule has 6 nitrogen and oxygen atoms in total. The van der Waals surface area contributed by atoms with Crippen molar-refractivity contribution in [3.05, 3.63) is 0 Å². The molecule has 2 atom stereocenters. The molecule has 2 aliphatic rings. The van der Waals surface area contributed by atoms with Crippen LogP contribution in [0.15, 0.2) is 0 Å². The minimum Gasteiger partial charge on any atom is -0.480 e. The quantitative estimate of drug-likeness (QED) is 0.671. The van der Waals surface area contributed by atoms with Gasteiger partial charge < -0.3 is 20.1 Å². The van der Waals surface area contributed by atoms with Gasteiger partial charge in [0.15, 0.2) is 0 Å². The number of nitrogens with one attached hydrogen (secondary N) is 1. The highest BCUT2D eigenvalue weighted by molar-refractivity contribution is 5.84. The Hall–Kier alpha value is -1.14. The molecule has 20 heavy (non-hydrogen) atoms. The fourth-order valence-corrected chi connectivity index (χ4v) is 2.57. The van der Waals surface area contributed by atoms with E-state index in [-0.39, 0.29) is 24.4 Å². The second-order valence-electron chi connectivity index (χ2n) is 5.76. The Morgan fingerprint density at radius 3 is 2.70 bits per heavy atom. The lowest BCUT2D eigenvalue weighted by molar-refractivity contribution is -0.146. The molecule has 1 aliphatic heterocycles. The number of nitrogens with zero attached hydrogens (tertiary/aromatic N) is 1. The van der Waals surface area contributed by atoms with E-state index in [1.54, 1.807) is 0 Å². The zero-order chi connectivity index (χ0) is 14.5. The van der Waals surface area contributed by atoms with Crippen molar-refractivity contribution in [3.8, 4) is 0 Å². The monoisotopic (exact) mass is 284 g/mol. The topological polar surface area (TPSA) is 78.9 Å². The zero-order valence-electron chi connectivity index (χ0n) is 12.0. The van der Waals surface area contributed by atoms with E-state index in [2.05, 4.69) is 12.2 Å². The first-order valence-corrected chi connectivity index (χ1v) is 7.43. The average Bonchev–Trinajstić information content (AvgIpc) is 3.10. The van der Waals surface area contributed by atoms with Crippen molar-refractivity contribution in [1.29, 1.82) is 0 Å². The molecule has 2 rings (SSSR count). The Bertz CT molecular complexity index is 357. The fourth-order valence-electron chi connectivity index (χ4n) is 2.57. The van der Waals surface area contributed by atoms with Gasteiger partial charge in [0, 0.05) is 12.6 Å². The standard InChI is InChI=1S/C14H24N2O4/c1-2-5-15-12-9-20-8-11(12)14(19)16(7-13(17)18)6-10-3-4-10/h10-12,15H,2-9H2,1H3,(H,17,18). The Morgan fingerprint density at radius 2 is 2.10 bits per heavy atom. The average molecular weight is 284 g/mol. The van der Waals surface area contributed by atoms with E-state index >= 15 is 0 Å². The van der Waals surface area contributed by atoms with E-state index < -0.39 is 5.97 Å². The van der Waals surface area contributed by atoms with Crippen LogP contribution in [0, 0.1) is 11.8 Å². The normalized spacial score (nSPS) is 25.6. The summed E-state index contributed by atoms with van der Waals surface area (Å²) in [5.41, 5.74) is 0. The Kier molecular flexibility index (Phi) is 5.37. The summed E-state index contributed by atoms with van der Waals surface area (Å²) < 4.78 is 5.41. The van der Waals surface area contributed by atoms with Crippen molar-refractivity contribution in [3.63, 3.8) is 0 Å². The third kappa shape index (κ3) is 4.18. The van der Waals surface area contributed by atoms with Crippen LogP contribution in [-0.4, -0.2) is 60.8 Å². The summed E-state index contributed by atoms with van der Waals surface area (Å²) in [5.74, 6) is -0.788. The molecule has 1 heterocycles. The SMILES string of the molecule is CCCNC1COCC1C(=O)N(CC(=O)O)CC1CC1. The number of amides is 1. The summed E-state index contributed by atoms with van der Waals surface area (Å²) in [6, 6.07) is 0.0120. The van der Waals surface area contributed by atoms with Crippen molar-refractivity contribution in [2.24, 2.45) is 11.8 Å². The van der Waals surface area contributed by atoms with Gasteiger partial charge in [-0.1, -0.05) is 6.92 Å². The first-order chi connectivity index (χ1) is 9.61. The third-order valence-corrected chi connectivity index (χ3v) is 3.87. The highest BCUT2D eigenvalue weighted by Gasteiger charge is 2.38. The maximum atomic E-state index is 12.6. The second kappa shape index (κ2) is 7.04. The third-order valence-electron chi connectivity index (χ3n) is 3.87. The van der Waals surface area contributed by atoms with Crippen molar-refractivity contribution >= 4 is 11.9 Å². The maximum absolute atomic E-state index is 12.6. The van der Waals surface area contributed by atoms with Gasteiger partial charge in [0.05, 0.1) is 19.1 Å². The van der Waals surface area contributed by atoms with Gasteiger partial charge in [-0.2, -0.15) is 0 Å². The Balaban J connectivity index is 1.95. The van der Waals surface area contributed by atoms with Gasteiger partial charge in [0.1, 0.15) is 6.54 Å². The summed E-state index contributed by atoms with van der Waals surface area (Å²) >= 11 is 0. The lowest BCUT2D eigenvalue weighted by atomic mass is 10.0. The van der Waals surface area contributed by atoms with Gasteiger partial charge in [-0.3, -0.25) is 9.59 Å². The molecule has 6 heteroatoms. The van der Waals surface area contributed by atoms with Gasteiger partial charge >= 0.3 is 5.97 Å². The van der Waals surface area contributed by atoms with Crippen molar-refractivity contribution in [1.82, 2.24) is 10.2 Å². The molecule has 2 fully saturated rings. The molecule has 0 aromatic heterocycles. The van der Waals surface area contributed by atoms with Crippen molar-refractivity contribution in [2.45, 2.75) is 32.2 Å². The minimum atomic E-state index is -0.948. The molecule has 2 unspecified atom stereocenters. The van der Waals surface area contributed by atoms with Gasteiger partial charge in [-0.25, -0.2) is 0 Å². The zero-order valence-corrected chi connectivity index (χ0v) is 12.0. The number of ether oxygens (including phenoxy) is 1. The number of carboxylic acid groups (broad SMARTS) is 1. The largest absolute Gasteiger partial charge is 0.480 e. The molecule has 0 radical (unpaired) electrons. The highest BCUT2D eigenvalue weighted by atomic mass is 16.5. The molecule has 0 aromatic carbocycles. The van der Waals surface area contributed by atoms with Crippen LogP contribution in [0.25, 0.3) is 0 Å². The number of carboxylic acids is 1. The Morgan fingerprint density at radius 1 is 1.35 bits per heavy atom. The summed E-state index contributed by atoms with van der Waals surface area (Å²) in [7, 11) is 0. The fraction of sp³-hybridized carbons (Fsp3) is 0.857. The van der Waals surface area contributed by atoms with Gasteiger partial charge in [-0.15, -0.1) is 0 Å². The molecule has 114 valence electrons. The van der Waals surface area contributed by atoms with Crippen LogP contribution in [0.2, 0.25) is 0 Å². The van der Waals surface area contributed by atoms with Crippen LogP contribution in [0.1, 0.15) is 26.2 Å². The molecule has 0 spiro atoms. The molecular formula is C14H24N2O4. The molecule has 1 saturated heterocycles. The predicted octanol–water partition coefficient (Wildman–Crippen LogP) is 0.324. The van der Waals surface area contributed by atoms with Crippen LogP contribution in [0.5, 0.6) is 0 Å². The van der Waals surface area contributed by atoms with E-state index in [1.807, 2.05) is 0 Å². The van der Waals surface area contributed by atoms with E-state index in [9.17, 15) is 9.59 Å². The number of carbonyl (C=O) groups is 2. The number of rotatable bonds is 8. The van der Waals surface area contributed by atoms with Crippen molar-refractivity contribution in [2.75, 3.05) is 32.8 Å². The van der Waals surface area contributed by atoms with E-state index in [0.29, 0.717) is 25.7 Å². The van der Waals surface area contributed by atoms with Crippen LogP contribution in [0.3, 0.4) is 0 Å². The molecule has 1 aliphatic carbocycles. The summed E-state index contributed by atoms with van der Waals surface area (Å²) in [6.07, 6.45) is 3.20. The molecule has 1 amide bonds. The van der Waals surface area contributed by atoms with Gasteiger partial charge in [-0.05, 0) is 31.7 Å². The number of aliphatic carboxylic acids is 1. The van der Waals surface area contributed by atoms with Crippen LogP contribution < -0.4 is 5.32 Å². The van der Waals surface area contributed by atoms with Crippen LogP contribution in [0.4, 0.5) is 0 Å². The maximum Gasteiger partial charge on any atom is 0.323 e. The van der Waals surface area contributed by atoms with E-state index in [1.165, 1.54) is 4.90 Å². The van der Waals surface area contributed by atoms with Crippen molar-refractivity contribution < 1.29 is 19.4 Å². The predicted molar refractivity (Wildman–Crippen MR) is 73.3 cm³/mol. The van der Waals surface area contributed by atoms with Crippen LogP contribution >= 0.6 is 0 Å². The number of hydrogen-bond acceptors (Lipinski definition) is 4. The number of carbonyl (C=O) groups excluding carboxylic acids is 1. The first kappa shape index (κ1) is 15.3. The molecule has 2 N–H and O–H groups in total. The second-order valence-corrected chi connectivity index (χ2v) is 5.76. The summed E-state index contributed by atoms with van der Waals surface area (Å²) in [5, 5.41) is 12.3. The minimum absolute atomic E-state index is 0.0120. The lowest BCUT2D eigenvalue weighted by Crippen LogP contribution is -2.48. The van der Waals surface area contributed by atoms with Gasteiger partial charge in [0.2, 0.25) is 5.91 Å². The van der Waals surface area contributed by atoms with E-state index in [0.717, 1.165) is 25.8 Å². The van der Waals surface area contributed by atoms with Gasteiger partial charge in [0.25, 0.3) is 0 Å². The molecule has 0 aromatic rings. The summed E-state index contributed by atoms with van der Waals surface area (Å²) in [4.78, 5) is 25.0. The highest BCUT2D eigenvalue weighted by Crippen LogP contribution is 2.30. The molecular weight excluding hydrogens is 260 g/mol. The summed E-state index contributed by atoms with van der Waals surface area (Å²) in [6.45, 7) is 4.21. The van der Waals surface area contributed by atoms with Crippen LogP contribution in [-0.2, 0) is 14.3 Å². The smallest absolute Gasteiger partial charge is 0.323 e. The molecule has 0 bridgehead atoms. The molecule has 1 saturated carbocycles. The van der Waals surface area contributed by atoms with E-state index in [4.69, 9.17) is 9.84 Å². The lowest BCUT2D eigenvalue weighted by Gasteiger charge is -2.26. The number of hydrogen-bond donors (Lipinski definition) is 2.